The summed E-state index contributed by atoms with van der Waals surface area (Å²) in [4.78, 5) is 16.5. The highest BCUT2D eigenvalue weighted by atomic mass is 15.2. The Morgan fingerprint density at radius 1 is 0.525 bits per heavy atom. The largest absolute Gasteiger partial charge is 0.299 e. The van der Waals surface area contributed by atoms with Crippen LogP contribution in [0, 0.1) is 23.2 Å². The van der Waals surface area contributed by atoms with E-state index in [1.165, 1.54) is 94.2 Å². The van der Waals surface area contributed by atoms with Gasteiger partial charge in [-0.15, -0.1) is 0 Å². The molecule has 0 N–H and O–H groups in total. The van der Waals surface area contributed by atoms with Gasteiger partial charge in [-0.1, -0.05) is 146 Å². The lowest BCUT2D eigenvalue weighted by atomic mass is 9.75. The third-order valence-electron chi connectivity index (χ3n) is 12.6. The van der Waals surface area contributed by atoms with Crippen LogP contribution in [-0.4, -0.2) is 63.9 Å². The van der Waals surface area contributed by atoms with Crippen molar-refractivity contribution in [1.29, 1.82) is 0 Å². The van der Waals surface area contributed by atoms with Gasteiger partial charge in [-0.25, -0.2) is 0 Å². The molecule has 0 radical (unpaired) electrons. The van der Waals surface area contributed by atoms with Crippen molar-refractivity contribution in [1.82, 2.24) is 24.7 Å². The number of aromatic nitrogens is 2. The minimum absolute atomic E-state index is 0.426. The smallest absolute Gasteiger partial charge is 0.0572 e. The average Bonchev–Trinajstić information content (AvgIpc) is 3.33. The molecule has 5 heteroatoms. The summed E-state index contributed by atoms with van der Waals surface area (Å²) >= 11 is 0. The molecule has 2 saturated carbocycles. The average molecular weight is 846 g/mol. The zero-order valence-corrected chi connectivity index (χ0v) is 44.0. The van der Waals surface area contributed by atoms with Crippen LogP contribution in [0.1, 0.15) is 211 Å². The lowest BCUT2D eigenvalue weighted by Gasteiger charge is -2.38. The molecule has 2 unspecified atom stereocenters. The lowest BCUT2D eigenvalue weighted by molar-refractivity contribution is 0.108. The van der Waals surface area contributed by atoms with E-state index in [9.17, 15) is 0 Å². The highest BCUT2D eigenvalue weighted by Crippen LogP contribution is 2.35. The predicted octanol–water partition coefficient (Wildman–Crippen LogP) is 16.4. The molecule has 2 aliphatic carbocycles. The second-order valence-corrected chi connectivity index (χ2v) is 17.4. The topological polar surface area (TPSA) is 35.5 Å². The maximum absolute atomic E-state index is 4.47. The summed E-state index contributed by atoms with van der Waals surface area (Å²) in [6.07, 6.45) is 17.4. The van der Waals surface area contributed by atoms with E-state index in [1.807, 2.05) is 93.8 Å². The molecule has 2 aromatic heterocycles. The number of pyridine rings is 2. The quantitative estimate of drug-likeness (QED) is 0.226. The van der Waals surface area contributed by atoms with E-state index in [4.69, 9.17) is 0 Å². The van der Waals surface area contributed by atoms with E-state index in [2.05, 4.69) is 142 Å². The maximum atomic E-state index is 4.47. The van der Waals surface area contributed by atoms with Gasteiger partial charge >= 0.3 is 0 Å². The number of nitrogens with zero attached hydrogens (tertiary/aromatic N) is 5. The van der Waals surface area contributed by atoms with Crippen LogP contribution in [0.5, 0.6) is 0 Å². The van der Waals surface area contributed by atoms with E-state index < -0.39 is 0 Å². The molecule has 352 valence electrons. The maximum Gasteiger partial charge on any atom is 0.0572 e. The van der Waals surface area contributed by atoms with Crippen molar-refractivity contribution in [2.24, 2.45) is 23.2 Å². The molecule has 1 aliphatic heterocycles. The van der Waals surface area contributed by atoms with Gasteiger partial charge in [0.2, 0.25) is 0 Å². The summed E-state index contributed by atoms with van der Waals surface area (Å²) in [5, 5.41) is 0. The SMILES string of the molecule is CC.CC.CC.CC.CC.CC(C)(C)C1CCN(Cc2ccccc2)CC1.CC1CCC(N(C)C(C)c2ccccn2)CC1.CC1CCC(N(C)C(C)c2ccccn2)CC1. The first-order valence-electron chi connectivity index (χ1n) is 25.4. The summed E-state index contributed by atoms with van der Waals surface area (Å²) < 4.78 is 0. The van der Waals surface area contributed by atoms with Crippen LogP contribution >= 0.6 is 0 Å². The number of likely N-dealkylation sites (tertiary alicyclic amines) is 1. The third-order valence-corrected chi connectivity index (χ3v) is 12.6. The van der Waals surface area contributed by atoms with E-state index in [0.717, 1.165) is 36.4 Å². The molecule has 2 atom stereocenters. The number of benzene rings is 1. The number of rotatable bonds is 8. The van der Waals surface area contributed by atoms with Crippen molar-refractivity contribution >= 4 is 0 Å². The molecule has 6 rings (SSSR count). The number of piperidine rings is 1. The molecule has 5 nitrogen and oxygen atoms in total. The zero-order chi connectivity index (χ0) is 46.8. The normalized spacial score (nSPS) is 21.0. The summed E-state index contributed by atoms with van der Waals surface area (Å²) in [5.41, 5.74) is 4.31. The summed E-state index contributed by atoms with van der Waals surface area (Å²) in [6, 6.07) is 25.5. The van der Waals surface area contributed by atoms with Crippen LogP contribution in [0.15, 0.2) is 79.1 Å². The van der Waals surface area contributed by atoms with Crippen molar-refractivity contribution < 1.29 is 0 Å². The monoisotopic (exact) mass is 846 g/mol. The Hall–Kier alpha value is -2.60. The fraction of sp³-hybridized carbons (Fsp3) is 0.714. The van der Waals surface area contributed by atoms with E-state index >= 15 is 0 Å². The minimum Gasteiger partial charge on any atom is -0.299 e. The van der Waals surface area contributed by atoms with Gasteiger partial charge in [0.25, 0.3) is 0 Å². The van der Waals surface area contributed by atoms with Crippen molar-refractivity contribution in [3.05, 3.63) is 96.1 Å². The first kappa shape index (κ1) is 60.5. The predicted molar refractivity (Wildman–Crippen MR) is 274 cm³/mol. The van der Waals surface area contributed by atoms with Crippen molar-refractivity contribution in [3.63, 3.8) is 0 Å². The Bertz CT molecular complexity index is 1250. The Labute approximate surface area is 382 Å². The molecular weight excluding hydrogens is 743 g/mol. The third kappa shape index (κ3) is 24.2. The molecular formula is C56H103N5. The Balaban J connectivity index is 0. The second kappa shape index (κ2) is 36.8. The first-order chi connectivity index (χ1) is 29.4. The Kier molecular flexibility index (Phi) is 36.5. The molecule has 0 spiro atoms. The van der Waals surface area contributed by atoms with Gasteiger partial charge in [-0.05, 0) is 158 Å². The highest BCUT2D eigenvalue weighted by Gasteiger charge is 2.29. The molecule has 0 amide bonds. The summed E-state index contributed by atoms with van der Waals surface area (Å²) in [7, 11) is 4.50. The molecule has 1 saturated heterocycles. The molecule has 3 heterocycles. The van der Waals surface area contributed by atoms with E-state index in [0.29, 0.717) is 17.5 Å². The van der Waals surface area contributed by atoms with E-state index in [-0.39, 0.29) is 0 Å². The highest BCUT2D eigenvalue weighted by molar-refractivity contribution is 5.14. The molecule has 3 fully saturated rings. The van der Waals surface area contributed by atoms with Crippen LogP contribution in [0.25, 0.3) is 0 Å². The molecule has 61 heavy (non-hydrogen) atoms. The fourth-order valence-electron chi connectivity index (χ4n) is 8.39. The van der Waals surface area contributed by atoms with Crippen LogP contribution in [0.2, 0.25) is 0 Å². The lowest BCUT2D eigenvalue weighted by Crippen LogP contribution is -2.37. The molecule has 3 aromatic rings. The van der Waals surface area contributed by atoms with Crippen LogP contribution < -0.4 is 0 Å². The van der Waals surface area contributed by atoms with Gasteiger partial charge in [0.05, 0.1) is 11.4 Å². The summed E-state index contributed by atoms with van der Waals surface area (Å²) in [6.45, 7) is 40.1. The Morgan fingerprint density at radius 2 is 0.869 bits per heavy atom. The fourth-order valence-corrected chi connectivity index (χ4v) is 8.39. The Morgan fingerprint density at radius 3 is 1.18 bits per heavy atom. The minimum atomic E-state index is 0.426. The van der Waals surface area contributed by atoms with Gasteiger partial charge in [0.1, 0.15) is 0 Å². The van der Waals surface area contributed by atoms with E-state index in [1.54, 1.807) is 0 Å². The molecule has 1 aromatic carbocycles. The number of hydrogen-bond donors (Lipinski definition) is 0. The first-order valence-corrected chi connectivity index (χ1v) is 25.4. The standard InChI is InChI=1S/C16H25N.2C15H24N2.5C2H6/c1-16(2,3)15-9-11-17(12-10-15)13-14-7-5-4-6-8-14;2*1-12-7-9-14(10-8-12)17(3)13(2)15-6-4-5-11-16-15;5*1-2/h4-8,15H,9-13H2,1-3H3;2*4-6,11-14H,7-10H2,1-3H3;5*1-2H3. The number of hydrogen-bond acceptors (Lipinski definition) is 5. The van der Waals surface area contributed by atoms with Crippen LogP contribution in [0.4, 0.5) is 0 Å². The van der Waals surface area contributed by atoms with Gasteiger partial charge in [-0.3, -0.25) is 24.7 Å². The van der Waals surface area contributed by atoms with Gasteiger partial charge in [-0.2, -0.15) is 0 Å². The molecule has 3 aliphatic rings. The van der Waals surface area contributed by atoms with Crippen molar-refractivity contribution in [3.8, 4) is 0 Å². The van der Waals surface area contributed by atoms with Gasteiger partial charge in [0, 0.05) is 43.1 Å². The van der Waals surface area contributed by atoms with Crippen LogP contribution in [0.3, 0.4) is 0 Å². The zero-order valence-electron chi connectivity index (χ0n) is 44.0. The summed E-state index contributed by atoms with van der Waals surface area (Å²) in [5.74, 6) is 2.74. The second-order valence-electron chi connectivity index (χ2n) is 17.4. The van der Waals surface area contributed by atoms with Crippen LogP contribution in [-0.2, 0) is 6.54 Å². The van der Waals surface area contributed by atoms with Crippen molar-refractivity contribution in [2.75, 3.05) is 27.2 Å². The van der Waals surface area contributed by atoms with Gasteiger partial charge in [0.15, 0.2) is 0 Å². The van der Waals surface area contributed by atoms with Gasteiger partial charge < -0.3 is 0 Å². The van der Waals surface area contributed by atoms with Crippen molar-refractivity contribution in [2.45, 2.75) is 213 Å². The molecule has 0 bridgehead atoms.